The van der Waals surface area contributed by atoms with E-state index >= 15 is 0 Å². The fraction of sp³-hybridized carbons (Fsp3) is 0.417. The summed E-state index contributed by atoms with van der Waals surface area (Å²) in [5.41, 5.74) is 6.11. The molecule has 1 unspecified atom stereocenters. The average Bonchev–Trinajstić information content (AvgIpc) is 2.28. The fourth-order valence-corrected chi connectivity index (χ4v) is 1.77. The van der Waals surface area contributed by atoms with Gasteiger partial charge in [0.25, 0.3) is 0 Å². The summed E-state index contributed by atoms with van der Waals surface area (Å²) in [5, 5.41) is 0. The van der Waals surface area contributed by atoms with Crippen LogP contribution in [-0.4, -0.2) is 19.4 Å². The Morgan fingerprint density at radius 2 is 2.25 bits per heavy atom. The van der Waals surface area contributed by atoms with E-state index in [2.05, 4.69) is 15.9 Å². The van der Waals surface area contributed by atoms with Crippen LogP contribution in [0.5, 0.6) is 5.75 Å². The lowest BCUT2D eigenvalue weighted by molar-refractivity contribution is 0.0963. The lowest BCUT2D eigenvalue weighted by Crippen LogP contribution is -2.15. The van der Waals surface area contributed by atoms with Gasteiger partial charge in [0.05, 0.1) is 12.7 Å². The van der Waals surface area contributed by atoms with Crippen LogP contribution in [0.3, 0.4) is 0 Å². The Balaban J connectivity index is 2.93. The molecule has 0 aliphatic rings. The molecule has 0 saturated carbocycles. The van der Waals surface area contributed by atoms with Crippen molar-refractivity contribution < 1.29 is 9.53 Å². The van der Waals surface area contributed by atoms with Crippen LogP contribution < -0.4 is 10.5 Å². The third kappa shape index (κ3) is 3.32. The molecule has 0 radical (unpaired) electrons. The molecule has 16 heavy (non-hydrogen) atoms. The highest BCUT2D eigenvalue weighted by Gasteiger charge is 2.15. The standard InChI is InChI=1S/C12H16BrNO2/c1-8(7-14)5-11(15)10-6-9(13)3-4-12(10)16-2/h3-4,6,8H,5,7,14H2,1-2H3. The molecular weight excluding hydrogens is 270 g/mol. The van der Waals surface area contributed by atoms with Crippen molar-refractivity contribution in [1.82, 2.24) is 0 Å². The van der Waals surface area contributed by atoms with E-state index in [9.17, 15) is 4.79 Å². The Morgan fingerprint density at radius 3 is 2.81 bits per heavy atom. The molecule has 0 spiro atoms. The summed E-state index contributed by atoms with van der Waals surface area (Å²) >= 11 is 3.34. The zero-order valence-corrected chi connectivity index (χ0v) is 11.1. The zero-order valence-electron chi connectivity index (χ0n) is 9.50. The highest BCUT2D eigenvalue weighted by Crippen LogP contribution is 2.25. The van der Waals surface area contributed by atoms with Gasteiger partial charge in [0.2, 0.25) is 0 Å². The molecule has 0 bridgehead atoms. The van der Waals surface area contributed by atoms with E-state index < -0.39 is 0 Å². The predicted molar refractivity (Wildman–Crippen MR) is 67.9 cm³/mol. The quantitative estimate of drug-likeness (QED) is 0.846. The number of hydrogen-bond acceptors (Lipinski definition) is 3. The number of hydrogen-bond donors (Lipinski definition) is 1. The van der Waals surface area contributed by atoms with Crippen LogP contribution in [-0.2, 0) is 0 Å². The summed E-state index contributed by atoms with van der Waals surface area (Å²) in [6.45, 7) is 2.48. The van der Waals surface area contributed by atoms with Gasteiger partial charge in [-0.05, 0) is 30.7 Å². The Kier molecular flexibility index (Phi) is 4.96. The van der Waals surface area contributed by atoms with Gasteiger partial charge in [-0.1, -0.05) is 22.9 Å². The number of halogens is 1. The minimum Gasteiger partial charge on any atom is -0.496 e. The first-order valence-electron chi connectivity index (χ1n) is 5.15. The van der Waals surface area contributed by atoms with Crippen molar-refractivity contribution in [2.24, 2.45) is 11.7 Å². The molecule has 1 atom stereocenters. The van der Waals surface area contributed by atoms with E-state index in [1.807, 2.05) is 13.0 Å². The average molecular weight is 286 g/mol. The SMILES string of the molecule is COc1ccc(Br)cc1C(=O)CC(C)CN. The van der Waals surface area contributed by atoms with Gasteiger partial charge in [0.1, 0.15) is 5.75 Å². The molecule has 1 aromatic rings. The van der Waals surface area contributed by atoms with Gasteiger partial charge in [-0.3, -0.25) is 4.79 Å². The van der Waals surface area contributed by atoms with Crippen LogP contribution in [0.4, 0.5) is 0 Å². The molecular formula is C12H16BrNO2. The van der Waals surface area contributed by atoms with E-state index in [-0.39, 0.29) is 11.7 Å². The van der Waals surface area contributed by atoms with Gasteiger partial charge >= 0.3 is 0 Å². The van der Waals surface area contributed by atoms with Crippen LogP contribution in [0.25, 0.3) is 0 Å². The maximum atomic E-state index is 12.0. The number of ether oxygens (including phenoxy) is 1. The molecule has 0 amide bonds. The molecule has 1 aromatic carbocycles. The number of methoxy groups -OCH3 is 1. The number of Topliss-reactive ketones (excluding diaryl/α,β-unsaturated/α-hetero) is 1. The van der Waals surface area contributed by atoms with E-state index in [0.717, 1.165) is 4.47 Å². The van der Waals surface area contributed by atoms with Gasteiger partial charge in [0.15, 0.2) is 5.78 Å². The second-order valence-corrected chi connectivity index (χ2v) is 4.73. The Hall–Kier alpha value is -0.870. The largest absolute Gasteiger partial charge is 0.496 e. The number of carbonyl (C=O) groups is 1. The summed E-state index contributed by atoms with van der Waals surface area (Å²) in [4.78, 5) is 12.0. The molecule has 0 saturated heterocycles. The van der Waals surface area contributed by atoms with E-state index in [1.165, 1.54) is 0 Å². The fourth-order valence-electron chi connectivity index (χ4n) is 1.41. The molecule has 3 nitrogen and oxygen atoms in total. The third-order valence-electron chi connectivity index (χ3n) is 2.40. The number of rotatable bonds is 5. The van der Waals surface area contributed by atoms with Crippen LogP contribution >= 0.6 is 15.9 Å². The topological polar surface area (TPSA) is 52.3 Å². The van der Waals surface area contributed by atoms with Crippen molar-refractivity contribution in [3.63, 3.8) is 0 Å². The van der Waals surface area contributed by atoms with Crippen LogP contribution in [0.1, 0.15) is 23.7 Å². The second-order valence-electron chi connectivity index (χ2n) is 3.81. The number of ketones is 1. The minimum atomic E-state index is 0.0658. The maximum absolute atomic E-state index is 12.0. The Labute approximate surface area is 104 Å². The summed E-state index contributed by atoms with van der Waals surface area (Å²) in [6, 6.07) is 5.41. The van der Waals surface area contributed by atoms with Crippen molar-refractivity contribution >= 4 is 21.7 Å². The molecule has 0 aliphatic carbocycles. The smallest absolute Gasteiger partial charge is 0.166 e. The molecule has 88 valence electrons. The molecule has 0 aliphatic heterocycles. The van der Waals surface area contributed by atoms with Crippen LogP contribution in [0, 0.1) is 5.92 Å². The lowest BCUT2D eigenvalue weighted by Gasteiger charge is -2.10. The first-order valence-corrected chi connectivity index (χ1v) is 5.94. The summed E-state index contributed by atoms with van der Waals surface area (Å²) < 4.78 is 6.04. The second kappa shape index (κ2) is 6.01. The predicted octanol–water partition coefficient (Wildman–Crippen LogP) is 2.63. The van der Waals surface area contributed by atoms with E-state index in [4.69, 9.17) is 10.5 Å². The van der Waals surface area contributed by atoms with Crippen molar-refractivity contribution in [3.05, 3.63) is 28.2 Å². The van der Waals surface area contributed by atoms with E-state index in [0.29, 0.717) is 24.3 Å². The summed E-state index contributed by atoms with van der Waals surface area (Å²) in [6.07, 6.45) is 0.448. The number of nitrogens with two attached hydrogens (primary N) is 1. The Bertz CT molecular complexity index is 379. The van der Waals surface area contributed by atoms with Gasteiger partial charge in [-0.15, -0.1) is 0 Å². The van der Waals surface area contributed by atoms with Crippen molar-refractivity contribution in [2.45, 2.75) is 13.3 Å². The normalized spacial score (nSPS) is 12.2. The molecule has 4 heteroatoms. The minimum absolute atomic E-state index is 0.0658. The third-order valence-corrected chi connectivity index (χ3v) is 2.89. The highest BCUT2D eigenvalue weighted by molar-refractivity contribution is 9.10. The first kappa shape index (κ1) is 13.2. The molecule has 1 rings (SSSR count). The number of carbonyl (C=O) groups excluding carboxylic acids is 1. The first-order chi connectivity index (χ1) is 7.58. The highest BCUT2D eigenvalue weighted by atomic mass is 79.9. The number of benzene rings is 1. The van der Waals surface area contributed by atoms with Crippen molar-refractivity contribution in [2.75, 3.05) is 13.7 Å². The van der Waals surface area contributed by atoms with Crippen molar-refractivity contribution in [1.29, 1.82) is 0 Å². The lowest BCUT2D eigenvalue weighted by atomic mass is 9.99. The maximum Gasteiger partial charge on any atom is 0.166 e. The van der Waals surface area contributed by atoms with Crippen LogP contribution in [0.2, 0.25) is 0 Å². The van der Waals surface area contributed by atoms with Crippen LogP contribution in [0.15, 0.2) is 22.7 Å². The molecule has 0 fully saturated rings. The molecule has 2 N–H and O–H groups in total. The summed E-state index contributed by atoms with van der Waals surface area (Å²) in [7, 11) is 1.56. The Morgan fingerprint density at radius 1 is 1.56 bits per heavy atom. The molecule has 0 aromatic heterocycles. The van der Waals surface area contributed by atoms with Crippen molar-refractivity contribution in [3.8, 4) is 5.75 Å². The summed E-state index contributed by atoms with van der Waals surface area (Å²) in [5.74, 6) is 0.865. The zero-order chi connectivity index (χ0) is 12.1. The monoisotopic (exact) mass is 285 g/mol. The van der Waals surface area contributed by atoms with Gasteiger partial charge in [-0.2, -0.15) is 0 Å². The molecule has 0 heterocycles. The van der Waals surface area contributed by atoms with E-state index in [1.54, 1.807) is 19.2 Å². The van der Waals surface area contributed by atoms with Gasteiger partial charge in [0, 0.05) is 10.9 Å². The van der Waals surface area contributed by atoms with Gasteiger partial charge in [-0.25, -0.2) is 0 Å². The van der Waals surface area contributed by atoms with Gasteiger partial charge < -0.3 is 10.5 Å².